The van der Waals surface area contributed by atoms with Crippen molar-refractivity contribution in [2.75, 3.05) is 13.1 Å². The summed E-state index contributed by atoms with van der Waals surface area (Å²) in [5.41, 5.74) is 0. The van der Waals surface area contributed by atoms with E-state index in [2.05, 4.69) is 31.0 Å². The Labute approximate surface area is 97.8 Å². The Bertz CT molecular complexity index is 170. The SMILES string of the molecule is CC=[SH]C(=S)N(CCCC)CCCC. The van der Waals surface area contributed by atoms with Crippen LogP contribution in [0.1, 0.15) is 46.5 Å². The molecule has 0 fully saturated rings. The van der Waals surface area contributed by atoms with Gasteiger partial charge in [-0.25, -0.2) is 0 Å². The van der Waals surface area contributed by atoms with Crippen LogP contribution in [0.5, 0.6) is 0 Å². The molecule has 0 aliphatic carbocycles. The molecule has 0 spiro atoms. The quantitative estimate of drug-likeness (QED) is 0.553. The van der Waals surface area contributed by atoms with Gasteiger partial charge in [-0.05, 0) is 19.8 Å². The first kappa shape index (κ1) is 14.1. The van der Waals surface area contributed by atoms with Crippen LogP contribution >= 0.6 is 23.6 Å². The lowest BCUT2D eigenvalue weighted by atomic mass is 10.3. The van der Waals surface area contributed by atoms with Crippen LogP contribution in [-0.2, 0) is 0 Å². The topological polar surface area (TPSA) is 3.24 Å². The molecule has 3 heteroatoms. The normalized spacial score (nSPS) is 11.4. The van der Waals surface area contributed by atoms with E-state index in [4.69, 9.17) is 12.2 Å². The van der Waals surface area contributed by atoms with Gasteiger partial charge in [0.25, 0.3) is 0 Å². The molecule has 0 unspecified atom stereocenters. The minimum Gasteiger partial charge on any atom is -0.358 e. The zero-order valence-corrected chi connectivity index (χ0v) is 11.3. The van der Waals surface area contributed by atoms with Gasteiger partial charge in [0.2, 0.25) is 0 Å². The maximum Gasteiger partial charge on any atom is 0.127 e. The van der Waals surface area contributed by atoms with Crippen LogP contribution in [0.15, 0.2) is 0 Å². The van der Waals surface area contributed by atoms with Crippen molar-refractivity contribution >= 4 is 33.3 Å². The summed E-state index contributed by atoms with van der Waals surface area (Å²) in [6, 6.07) is 0. The first-order valence-corrected chi connectivity index (χ1v) is 6.91. The van der Waals surface area contributed by atoms with E-state index in [1.165, 1.54) is 37.0 Å². The predicted molar refractivity (Wildman–Crippen MR) is 74.7 cm³/mol. The standard InChI is InChI=1S/C11H23NS2/c1-4-7-9-12(10-8-5-2)11(13)14-6-3/h6,14H,4-5,7-10H2,1-3H3. The average molecular weight is 233 g/mol. The second-order valence-electron chi connectivity index (χ2n) is 3.36. The molecule has 0 aromatic rings. The molecule has 1 nitrogen and oxygen atoms in total. The fourth-order valence-corrected chi connectivity index (χ4v) is 2.28. The fraction of sp³-hybridized carbons (Fsp3) is 0.818. The van der Waals surface area contributed by atoms with E-state index in [0.29, 0.717) is 0 Å². The van der Waals surface area contributed by atoms with E-state index >= 15 is 0 Å². The Morgan fingerprint density at radius 2 is 1.71 bits per heavy atom. The van der Waals surface area contributed by atoms with Crippen LogP contribution in [0.2, 0.25) is 0 Å². The molecule has 0 rings (SSSR count). The number of hydrogen-bond donors (Lipinski definition) is 1. The minimum atomic E-state index is 1.09. The van der Waals surface area contributed by atoms with Gasteiger partial charge < -0.3 is 4.90 Å². The summed E-state index contributed by atoms with van der Waals surface area (Å²) in [6.45, 7) is 8.79. The van der Waals surface area contributed by atoms with Gasteiger partial charge in [0, 0.05) is 13.1 Å². The Hall–Kier alpha value is 0.110. The predicted octanol–water partition coefficient (Wildman–Crippen LogP) is 3.46. The van der Waals surface area contributed by atoms with Crippen LogP contribution in [0.25, 0.3) is 0 Å². The van der Waals surface area contributed by atoms with Crippen molar-refractivity contribution in [3.63, 3.8) is 0 Å². The Morgan fingerprint density at radius 1 is 1.21 bits per heavy atom. The summed E-state index contributed by atoms with van der Waals surface area (Å²) in [7, 11) is 0. The summed E-state index contributed by atoms with van der Waals surface area (Å²) in [5, 5.41) is 2.12. The third kappa shape index (κ3) is 6.55. The van der Waals surface area contributed by atoms with Crippen molar-refractivity contribution < 1.29 is 0 Å². The zero-order valence-electron chi connectivity index (χ0n) is 9.62. The lowest BCUT2D eigenvalue weighted by molar-refractivity contribution is 0.411. The molecule has 0 amide bonds. The molecule has 0 N–H and O–H groups in total. The van der Waals surface area contributed by atoms with Crippen molar-refractivity contribution in [2.45, 2.75) is 46.5 Å². The summed E-state index contributed by atoms with van der Waals surface area (Å²) in [4.78, 5) is 2.36. The van der Waals surface area contributed by atoms with E-state index in [1.807, 2.05) is 0 Å². The fourth-order valence-electron chi connectivity index (χ4n) is 1.19. The largest absolute Gasteiger partial charge is 0.358 e. The number of nitrogens with zero attached hydrogens (tertiary/aromatic N) is 1. The highest BCUT2D eigenvalue weighted by atomic mass is 32.2. The van der Waals surface area contributed by atoms with Gasteiger partial charge in [-0.2, -0.15) is 0 Å². The van der Waals surface area contributed by atoms with Crippen LogP contribution < -0.4 is 0 Å². The van der Waals surface area contributed by atoms with Gasteiger partial charge in [0.15, 0.2) is 0 Å². The monoisotopic (exact) mass is 233 g/mol. The van der Waals surface area contributed by atoms with E-state index < -0.39 is 0 Å². The van der Waals surface area contributed by atoms with Crippen LogP contribution in [-0.4, -0.2) is 27.7 Å². The Balaban J connectivity index is 4.01. The summed E-state index contributed by atoms with van der Waals surface area (Å²) in [6.07, 6.45) is 5.00. The molecule has 84 valence electrons. The summed E-state index contributed by atoms with van der Waals surface area (Å²) < 4.78 is 1.09. The second-order valence-corrected chi connectivity index (χ2v) is 5.25. The van der Waals surface area contributed by atoms with Crippen LogP contribution in [0, 0.1) is 0 Å². The highest BCUT2D eigenvalue weighted by Gasteiger charge is 2.04. The third-order valence-electron chi connectivity index (χ3n) is 2.07. The van der Waals surface area contributed by atoms with Gasteiger partial charge in [-0.3, -0.25) is 0 Å². The molecule has 0 saturated carbocycles. The lowest BCUT2D eigenvalue weighted by Gasteiger charge is -2.23. The van der Waals surface area contributed by atoms with Gasteiger partial charge in [0.1, 0.15) is 4.32 Å². The van der Waals surface area contributed by atoms with Gasteiger partial charge in [0.05, 0.1) is 0 Å². The zero-order chi connectivity index (χ0) is 10.8. The van der Waals surface area contributed by atoms with Crippen LogP contribution in [0.4, 0.5) is 0 Å². The molecule has 0 saturated heterocycles. The Kier molecular flexibility index (Phi) is 9.73. The number of unbranched alkanes of at least 4 members (excludes halogenated alkanes) is 2. The second kappa shape index (κ2) is 9.66. The van der Waals surface area contributed by atoms with E-state index in [9.17, 15) is 0 Å². The molecule has 0 bridgehead atoms. The smallest absolute Gasteiger partial charge is 0.127 e. The maximum atomic E-state index is 5.38. The van der Waals surface area contributed by atoms with Gasteiger partial charge in [-0.1, -0.05) is 44.3 Å². The van der Waals surface area contributed by atoms with Gasteiger partial charge in [-0.15, -0.1) is 11.4 Å². The van der Waals surface area contributed by atoms with Crippen molar-refractivity contribution in [3.8, 4) is 0 Å². The minimum absolute atomic E-state index is 1.09. The van der Waals surface area contributed by atoms with E-state index in [-0.39, 0.29) is 0 Å². The Morgan fingerprint density at radius 3 is 2.07 bits per heavy atom. The molecular weight excluding hydrogens is 210 g/mol. The molecule has 0 radical (unpaired) electrons. The molecule has 0 heterocycles. The highest BCUT2D eigenvalue weighted by molar-refractivity contribution is 8.21. The van der Waals surface area contributed by atoms with E-state index in [0.717, 1.165) is 17.4 Å². The van der Waals surface area contributed by atoms with Gasteiger partial charge >= 0.3 is 0 Å². The van der Waals surface area contributed by atoms with Crippen molar-refractivity contribution in [3.05, 3.63) is 0 Å². The molecular formula is C11H23NS2. The number of rotatable bonds is 6. The molecule has 14 heavy (non-hydrogen) atoms. The van der Waals surface area contributed by atoms with E-state index in [1.54, 1.807) is 0 Å². The maximum absolute atomic E-state index is 5.38. The third-order valence-corrected chi connectivity index (χ3v) is 3.41. The number of thiocarbonyl (C=S) groups is 1. The van der Waals surface area contributed by atoms with Crippen molar-refractivity contribution in [1.82, 2.24) is 4.90 Å². The van der Waals surface area contributed by atoms with Crippen molar-refractivity contribution in [1.29, 1.82) is 0 Å². The first-order valence-electron chi connectivity index (χ1n) is 5.53. The van der Waals surface area contributed by atoms with Crippen molar-refractivity contribution in [2.24, 2.45) is 0 Å². The molecule has 0 aromatic heterocycles. The molecule has 0 aromatic carbocycles. The lowest BCUT2D eigenvalue weighted by Crippen LogP contribution is -2.28. The summed E-state index contributed by atoms with van der Waals surface area (Å²) in [5.74, 6) is 0. The first-order chi connectivity index (χ1) is 6.76. The number of thiol groups is 1. The van der Waals surface area contributed by atoms with Crippen LogP contribution in [0.3, 0.4) is 0 Å². The number of hydrogen-bond acceptors (Lipinski definition) is 1. The highest BCUT2D eigenvalue weighted by Crippen LogP contribution is 2.05. The molecule has 0 aliphatic rings. The summed E-state index contributed by atoms with van der Waals surface area (Å²) >= 11 is 6.58. The molecule has 0 atom stereocenters. The average Bonchev–Trinajstić information content (AvgIpc) is 2.18. The molecule has 0 aliphatic heterocycles.